The molecule has 0 saturated carbocycles. The van der Waals surface area contributed by atoms with Crippen LogP contribution in [0.15, 0.2) is 71.1 Å². The minimum atomic E-state index is -1.16. The Labute approximate surface area is 297 Å². The molecule has 0 saturated heterocycles. The van der Waals surface area contributed by atoms with Crippen LogP contribution in [-0.4, -0.2) is 36.2 Å². The van der Waals surface area contributed by atoms with Crippen LogP contribution in [-0.2, 0) is 37.5 Å². The molecule has 1 unspecified atom stereocenters. The summed E-state index contributed by atoms with van der Waals surface area (Å²) in [5.41, 5.74) is 3.65. The molecule has 10 nitrogen and oxygen atoms in total. The van der Waals surface area contributed by atoms with Crippen molar-refractivity contribution in [2.75, 3.05) is 12.4 Å². The van der Waals surface area contributed by atoms with Crippen molar-refractivity contribution in [1.82, 2.24) is 10.3 Å². The predicted molar refractivity (Wildman–Crippen MR) is 189 cm³/mol. The maximum atomic E-state index is 14.1. The van der Waals surface area contributed by atoms with Crippen molar-refractivity contribution in [2.24, 2.45) is 11.8 Å². The fraction of sp³-hybridized carbons (Fsp3) is 0.366. The predicted octanol–water partition coefficient (Wildman–Crippen LogP) is 6.60. The number of esters is 2. The molecule has 262 valence electrons. The van der Waals surface area contributed by atoms with Crippen molar-refractivity contribution < 1.29 is 33.0 Å². The third-order valence-electron chi connectivity index (χ3n) is 9.87. The lowest BCUT2D eigenvalue weighted by Crippen LogP contribution is -2.41. The van der Waals surface area contributed by atoms with Gasteiger partial charge in [-0.1, -0.05) is 93.6 Å². The molecule has 10 heteroatoms. The first-order valence-electron chi connectivity index (χ1n) is 17.5. The third-order valence-corrected chi connectivity index (χ3v) is 9.87. The summed E-state index contributed by atoms with van der Waals surface area (Å²) in [6.45, 7) is 6.10. The van der Waals surface area contributed by atoms with Crippen molar-refractivity contribution in [1.29, 1.82) is 0 Å². The molecule has 3 aliphatic rings. The first kappa shape index (κ1) is 33.9. The van der Waals surface area contributed by atoms with Gasteiger partial charge in [-0.15, -0.1) is 0 Å². The number of carbonyl (C=O) groups is 3. The van der Waals surface area contributed by atoms with E-state index >= 15 is 0 Å². The molecule has 0 radical (unpaired) electrons. The van der Waals surface area contributed by atoms with E-state index in [-0.39, 0.29) is 48.6 Å². The Balaban J connectivity index is 1.37. The third kappa shape index (κ3) is 6.11. The lowest BCUT2D eigenvalue weighted by atomic mass is 9.72. The average Bonchev–Trinajstić information content (AvgIpc) is 3.80. The van der Waals surface area contributed by atoms with Gasteiger partial charge >= 0.3 is 11.9 Å². The number of aromatic nitrogens is 1. The number of unbranched alkanes of at least 4 members (excludes halogenated alkanes) is 2. The number of hydrogen-bond donors (Lipinski definition) is 2. The monoisotopic (exact) mass is 687 g/mol. The summed E-state index contributed by atoms with van der Waals surface area (Å²) in [6, 6.07) is 20.3. The van der Waals surface area contributed by atoms with Crippen LogP contribution in [0.1, 0.15) is 102 Å². The van der Waals surface area contributed by atoms with E-state index in [0.29, 0.717) is 5.75 Å². The van der Waals surface area contributed by atoms with Crippen molar-refractivity contribution in [2.45, 2.75) is 77.2 Å². The van der Waals surface area contributed by atoms with Crippen LogP contribution >= 0.6 is 0 Å². The highest BCUT2D eigenvalue weighted by molar-refractivity contribution is 5.91. The Kier molecular flexibility index (Phi) is 9.30. The Morgan fingerprint density at radius 3 is 2.65 bits per heavy atom. The number of ether oxygens (including phenoxy) is 3. The summed E-state index contributed by atoms with van der Waals surface area (Å²) < 4.78 is 24.2. The molecular formula is C41H41N3O7. The zero-order valence-corrected chi connectivity index (χ0v) is 29.2. The summed E-state index contributed by atoms with van der Waals surface area (Å²) in [6.07, 6.45) is 2.24. The van der Waals surface area contributed by atoms with E-state index in [9.17, 15) is 14.4 Å². The number of fused-ring (bicyclic) bond motifs is 4. The lowest BCUT2D eigenvalue weighted by Gasteiger charge is -2.28. The second-order valence-electron chi connectivity index (χ2n) is 13.6. The van der Waals surface area contributed by atoms with Crippen LogP contribution in [0.2, 0.25) is 0 Å². The minimum absolute atomic E-state index is 0.00591. The summed E-state index contributed by atoms with van der Waals surface area (Å²) in [4.78, 5) is 45.6. The molecular weight excluding hydrogens is 646 g/mol. The normalized spacial score (nSPS) is 21.0. The van der Waals surface area contributed by atoms with Gasteiger partial charge in [-0.3, -0.25) is 9.59 Å². The number of carbonyl (C=O) groups excluding carboxylic acids is 3. The van der Waals surface area contributed by atoms with Crippen LogP contribution in [0.4, 0.5) is 5.69 Å². The summed E-state index contributed by atoms with van der Waals surface area (Å²) in [5, 5.41) is 6.67. The topological polar surface area (TPSA) is 129 Å². The standard InChI is InChI=1S/C41H41N3O7/c1-5-6-7-11-15-27-16-12-17-29-34(27)44-40-41(29)30-21-26(18-19-31(30)50-40)20-28(22-32(45)49-23-25-13-9-8-10-14-25)37(46)42-33(24(2)3)38-43-35(36(41)51-38)39(47)48-4/h8-10,12-14,16-19,21,24,28,33,40,44H,5-7,20,22-23H2,1-4H3,(H,42,46)/t28-,33+,40+,41?/m1/s1. The number of oxazole rings is 1. The quantitative estimate of drug-likeness (QED) is 0.120. The van der Waals surface area contributed by atoms with Crippen molar-refractivity contribution in [3.63, 3.8) is 0 Å². The molecule has 4 bridgehead atoms. The number of benzene rings is 3. The zero-order valence-electron chi connectivity index (χ0n) is 29.2. The highest BCUT2D eigenvalue weighted by Gasteiger charge is 2.61. The molecule has 1 spiro atoms. The molecule has 4 aromatic rings. The van der Waals surface area contributed by atoms with Crippen molar-refractivity contribution >= 4 is 23.5 Å². The second-order valence-corrected chi connectivity index (χ2v) is 13.6. The molecule has 4 heterocycles. The number of para-hydroxylation sites is 1. The number of hydrogen-bond acceptors (Lipinski definition) is 9. The molecule has 7 rings (SSSR count). The molecule has 3 aromatic carbocycles. The van der Waals surface area contributed by atoms with E-state index in [1.54, 1.807) is 0 Å². The van der Waals surface area contributed by atoms with E-state index in [0.717, 1.165) is 52.8 Å². The van der Waals surface area contributed by atoms with Gasteiger partial charge in [0.15, 0.2) is 17.7 Å². The first-order valence-corrected chi connectivity index (χ1v) is 17.5. The zero-order chi connectivity index (χ0) is 35.7. The Morgan fingerprint density at radius 1 is 1.06 bits per heavy atom. The summed E-state index contributed by atoms with van der Waals surface area (Å²) in [7, 11) is 1.30. The maximum absolute atomic E-state index is 14.1. The highest BCUT2D eigenvalue weighted by Crippen LogP contribution is 2.59. The number of anilines is 1. The van der Waals surface area contributed by atoms with Gasteiger partial charge in [0.05, 0.1) is 25.1 Å². The van der Waals surface area contributed by atoms with Crippen molar-refractivity contribution in [3.8, 4) is 17.6 Å². The highest BCUT2D eigenvalue weighted by atomic mass is 16.5. The second kappa shape index (κ2) is 14.0. The summed E-state index contributed by atoms with van der Waals surface area (Å²) >= 11 is 0. The number of nitrogens with one attached hydrogen (secondary N) is 2. The summed E-state index contributed by atoms with van der Waals surface area (Å²) in [5.74, 6) is 5.17. The van der Waals surface area contributed by atoms with Gasteiger partial charge in [-0.25, -0.2) is 9.78 Å². The molecule has 2 N–H and O–H groups in total. The number of methoxy groups -OCH3 is 1. The van der Waals surface area contributed by atoms with Gasteiger partial charge in [0.25, 0.3) is 0 Å². The molecule has 0 aliphatic carbocycles. The lowest BCUT2D eigenvalue weighted by molar-refractivity contribution is -0.148. The molecule has 4 atom stereocenters. The minimum Gasteiger partial charge on any atom is -0.469 e. The first-order chi connectivity index (χ1) is 24.7. The van der Waals surface area contributed by atoms with E-state index in [4.69, 9.17) is 23.6 Å². The van der Waals surface area contributed by atoms with Gasteiger partial charge in [0.1, 0.15) is 23.8 Å². The van der Waals surface area contributed by atoms with Gasteiger partial charge < -0.3 is 29.3 Å². The molecule has 1 amide bonds. The Morgan fingerprint density at radius 2 is 1.88 bits per heavy atom. The van der Waals surface area contributed by atoms with Gasteiger partial charge in [-0.2, -0.15) is 0 Å². The number of amides is 1. The maximum Gasteiger partial charge on any atom is 0.360 e. The number of nitrogens with zero attached hydrogens (tertiary/aromatic N) is 1. The SMILES string of the molecule is CCCCC#Cc1cccc2c1N[C@H]1Oc3ccc4cc3C21c1oc(nc1C(=O)OC)[C@H](C(C)C)NC(=O)[C@@H](CC(=O)OCc1ccccc1)C4. The van der Waals surface area contributed by atoms with Gasteiger partial charge in [0.2, 0.25) is 11.8 Å². The van der Waals surface area contributed by atoms with Gasteiger partial charge in [-0.05, 0) is 42.0 Å². The smallest absolute Gasteiger partial charge is 0.360 e. The van der Waals surface area contributed by atoms with E-state index < -0.39 is 35.5 Å². The van der Waals surface area contributed by atoms with Gasteiger partial charge in [0, 0.05) is 23.1 Å². The van der Waals surface area contributed by atoms with Crippen LogP contribution < -0.4 is 15.4 Å². The van der Waals surface area contributed by atoms with Crippen LogP contribution in [0.25, 0.3) is 0 Å². The van der Waals surface area contributed by atoms with Crippen LogP contribution in [0.5, 0.6) is 5.75 Å². The van der Waals surface area contributed by atoms with Crippen LogP contribution in [0, 0.1) is 23.7 Å². The Bertz CT molecular complexity index is 2040. The fourth-order valence-corrected chi connectivity index (χ4v) is 7.25. The van der Waals surface area contributed by atoms with Crippen molar-refractivity contribution in [3.05, 3.63) is 112 Å². The van der Waals surface area contributed by atoms with E-state index in [1.165, 1.54) is 7.11 Å². The van der Waals surface area contributed by atoms with E-state index in [2.05, 4.69) is 29.4 Å². The largest absolute Gasteiger partial charge is 0.469 e. The van der Waals surface area contributed by atoms with Crippen LogP contribution in [0.3, 0.4) is 0 Å². The fourth-order valence-electron chi connectivity index (χ4n) is 7.25. The van der Waals surface area contributed by atoms with E-state index in [1.807, 2.05) is 80.6 Å². The molecule has 0 fully saturated rings. The number of rotatable bonds is 8. The molecule has 3 aliphatic heterocycles. The Hall–Kier alpha value is -5.56. The average molecular weight is 688 g/mol. The molecule has 51 heavy (non-hydrogen) atoms. The molecule has 1 aromatic heterocycles.